The Morgan fingerprint density at radius 2 is 1.83 bits per heavy atom. The van der Waals surface area contributed by atoms with Crippen molar-refractivity contribution < 1.29 is 9.53 Å². The number of rotatable bonds is 5. The van der Waals surface area contributed by atoms with Crippen molar-refractivity contribution in [3.63, 3.8) is 0 Å². The Labute approximate surface area is 140 Å². The quantitative estimate of drug-likeness (QED) is 0.610. The lowest BCUT2D eigenvalue weighted by Crippen LogP contribution is -2.35. The minimum atomic E-state index is -0.946. The van der Waals surface area contributed by atoms with Crippen LogP contribution < -0.4 is 0 Å². The van der Waals surface area contributed by atoms with Crippen LogP contribution in [-0.4, -0.2) is 17.4 Å². The molecule has 0 saturated carbocycles. The van der Waals surface area contributed by atoms with Crippen LogP contribution in [0.5, 0.6) is 0 Å². The number of carbonyl (C=O) groups excluding carboxylic acids is 1. The summed E-state index contributed by atoms with van der Waals surface area (Å²) < 4.78 is 5.45. The SMILES string of the molecule is C=CC[C@@]1(Cc2ccccc2)N=C(c2ccc(Cl)cc2)OC1=O. The fourth-order valence-electron chi connectivity index (χ4n) is 2.65. The number of cyclic esters (lactones) is 1. The highest BCUT2D eigenvalue weighted by Crippen LogP contribution is 2.31. The molecule has 3 rings (SSSR count). The van der Waals surface area contributed by atoms with E-state index < -0.39 is 5.54 Å². The highest BCUT2D eigenvalue weighted by atomic mass is 35.5. The summed E-state index contributed by atoms with van der Waals surface area (Å²) in [6, 6.07) is 16.9. The molecule has 23 heavy (non-hydrogen) atoms. The molecule has 4 heteroatoms. The van der Waals surface area contributed by atoms with Crippen molar-refractivity contribution in [3.05, 3.63) is 83.4 Å². The Balaban J connectivity index is 1.96. The van der Waals surface area contributed by atoms with Crippen LogP contribution in [0.2, 0.25) is 5.02 Å². The summed E-state index contributed by atoms with van der Waals surface area (Å²) in [4.78, 5) is 17.1. The van der Waals surface area contributed by atoms with Gasteiger partial charge >= 0.3 is 5.97 Å². The molecular weight excluding hydrogens is 310 g/mol. The highest BCUT2D eigenvalue weighted by molar-refractivity contribution is 6.30. The second-order valence-electron chi connectivity index (χ2n) is 5.50. The number of nitrogens with zero attached hydrogens (tertiary/aromatic N) is 1. The van der Waals surface area contributed by atoms with Gasteiger partial charge in [0.25, 0.3) is 0 Å². The van der Waals surface area contributed by atoms with Crippen LogP contribution in [0.1, 0.15) is 17.5 Å². The van der Waals surface area contributed by atoms with Crippen molar-refractivity contribution >= 4 is 23.5 Å². The first-order valence-corrected chi connectivity index (χ1v) is 7.74. The molecule has 0 N–H and O–H groups in total. The number of benzene rings is 2. The highest BCUT2D eigenvalue weighted by Gasteiger charge is 2.45. The van der Waals surface area contributed by atoms with E-state index in [0.29, 0.717) is 23.8 Å². The van der Waals surface area contributed by atoms with E-state index in [4.69, 9.17) is 16.3 Å². The van der Waals surface area contributed by atoms with Gasteiger partial charge in [0, 0.05) is 23.4 Å². The monoisotopic (exact) mass is 325 g/mol. The van der Waals surface area contributed by atoms with Gasteiger partial charge in [-0.2, -0.15) is 0 Å². The summed E-state index contributed by atoms with van der Waals surface area (Å²) >= 11 is 5.90. The lowest BCUT2D eigenvalue weighted by Gasteiger charge is -2.20. The number of esters is 1. The second-order valence-corrected chi connectivity index (χ2v) is 5.94. The van der Waals surface area contributed by atoms with Gasteiger partial charge in [-0.25, -0.2) is 9.79 Å². The normalized spacial score (nSPS) is 20.0. The predicted molar refractivity (Wildman–Crippen MR) is 91.8 cm³/mol. The molecule has 0 radical (unpaired) electrons. The van der Waals surface area contributed by atoms with Crippen molar-refractivity contribution in [2.45, 2.75) is 18.4 Å². The summed E-state index contributed by atoms with van der Waals surface area (Å²) in [6.45, 7) is 3.76. The van der Waals surface area contributed by atoms with Crippen molar-refractivity contribution in [2.24, 2.45) is 4.99 Å². The minimum Gasteiger partial charge on any atom is -0.405 e. The number of carbonyl (C=O) groups is 1. The third-order valence-electron chi connectivity index (χ3n) is 3.80. The molecule has 2 aromatic carbocycles. The number of halogens is 1. The molecular formula is C19H16ClNO2. The first kappa shape index (κ1) is 15.5. The lowest BCUT2D eigenvalue weighted by atomic mass is 9.88. The van der Waals surface area contributed by atoms with Gasteiger partial charge in [-0.05, 0) is 29.8 Å². The zero-order valence-electron chi connectivity index (χ0n) is 12.5. The average Bonchev–Trinajstić information content (AvgIpc) is 2.86. The van der Waals surface area contributed by atoms with Crippen molar-refractivity contribution in [1.82, 2.24) is 0 Å². The zero-order valence-corrected chi connectivity index (χ0v) is 13.3. The van der Waals surface area contributed by atoms with Crippen LogP contribution in [0, 0.1) is 0 Å². The fraction of sp³-hybridized carbons (Fsp3) is 0.158. The molecule has 1 aliphatic heterocycles. The summed E-state index contributed by atoms with van der Waals surface area (Å²) in [7, 11) is 0. The molecule has 0 amide bonds. The van der Waals surface area contributed by atoms with E-state index in [0.717, 1.165) is 11.1 Å². The van der Waals surface area contributed by atoms with Crippen LogP contribution in [-0.2, 0) is 16.0 Å². The standard InChI is InChI=1S/C19H16ClNO2/c1-2-12-19(13-14-6-4-3-5-7-14)18(22)23-17(21-19)15-8-10-16(20)11-9-15/h2-11H,1,12-13H2/t19-/m0/s1. The van der Waals surface area contributed by atoms with E-state index in [9.17, 15) is 4.79 Å². The van der Waals surface area contributed by atoms with Gasteiger partial charge in [-0.3, -0.25) is 0 Å². The fourth-order valence-corrected chi connectivity index (χ4v) is 2.77. The molecule has 3 nitrogen and oxygen atoms in total. The Morgan fingerprint density at radius 1 is 1.13 bits per heavy atom. The van der Waals surface area contributed by atoms with E-state index in [1.54, 1.807) is 30.3 Å². The molecule has 2 aromatic rings. The molecule has 0 aromatic heterocycles. The maximum Gasteiger partial charge on any atom is 0.341 e. The maximum absolute atomic E-state index is 12.5. The van der Waals surface area contributed by atoms with E-state index in [-0.39, 0.29) is 5.97 Å². The third-order valence-corrected chi connectivity index (χ3v) is 4.05. The van der Waals surface area contributed by atoms with Gasteiger partial charge in [0.1, 0.15) is 0 Å². The van der Waals surface area contributed by atoms with Gasteiger partial charge in [-0.1, -0.05) is 48.0 Å². The van der Waals surface area contributed by atoms with Crippen LogP contribution >= 0.6 is 11.6 Å². The van der Waals surface area contributed by atoms with Gasteiger partial charge in [-0.15, -0.1) is 6.58 Å². The van der Waals surface area contributed by atoms with E-state index in [1.807, 2.05) is 30.3 Å². The molecule has 1 heterocycles. The lowest BCUT2D eigenvalue weighted by molar-refractivity contribution is -0.138. The van der Waals surface area contributed by atoms with Crippen molar-refractivity contribution in [3.8, 4) is 0 Å². The van der Waals surface area contributed by atoms with Gasteiger partial charge < -0.3 is 4.74 Å². The average molecular weight is 326 g/mol. The summed E-state index contributed by atoms with van der Waals surface area (Å²) in [5, 5.41) is 0.625. The molecule has 1 atom stereocenters. The largest absolute Gasteiger partial charge is 0.405 e. The number of hydrogen-bond donors (Lipinski definition) is 0. The topological polar surface area (TPSA) is 38.7 Å². The second kappa shape index (κ2) is 6.39. The van der Waals surface area contributed by atoms with Crippen molar-refractivity contribution in [1.29, 1.82) is 0 Å². The maximum atomic E-state index is 12.5. The molecule has 0 bridgehead atoms. The van der Waals surface area contributed by atoms with Crippen LogP contribution in [0.4, 0.5) is 0 Å². The molecule has 0 saturated heterocycles. The summed E-state index contributed by atoms with van der Waals surface area (Å²) in [5.41, 5.74) is 0.826. The number of ether oxygens (including phenoxy) is 1. The molecule has 1 aliphatic rings. The van der Waals surface area contributed by atoms with Crippen LogP contribution in [0.25, 0.3) is 0 Å². The number of aliphatic imine (C=N–C) groups is 1. The van der Waals surface area contributed by atoms with E-state index in [2.05, 4.69) is 11.6 Å². The van der Waals surface area contributed by atoms with Crippen LogP contribution in [0.15, 0.2) is 72.2 Å². The van der Waals surface area contributed by atoms with Crippen LogP contribution in [0.3, 0.4) is 0 Å². The third kappa shape index (κ3) is 3.20. The smallest absolute Gasteiger partial charge is 0.341 e. The molecule has 0 unspecified atom stereocenters. The summed E-state index contributed by atoms with van der Waals surface area (Å²) in [6.07, 6.45) is 2.62. The van der Waals surface area contributed by atoms with Crippen molar-refractivity contribution in [2.75, 3.05) is 0 Å². The Kier molecular flexibility index (Phi) is 4.30. The minimum absolute atomic E-state index is 0.337. The van der Waals surface area contributed by atoms with E-state index >= 15 is 0 Å². The Bertz CT molecular complexity index is 753. The van der Waals surface area contributed by atoms with Gasteiger partial charge in [0.05, 0.1) is 0 Å². The van der Waals surface area contributed by atoms with E-state index in [1.165, 1.54) is 0 Å². The first-order valence-electron chi connectivity index (χ1n) is 7.36. The molecule has 0 fully saturated rings. The van der Waals surface area contributed by atoms with Gasteiger partial charge in [0.15, 0.2) is 5.54 Å². The summed E-state index contributed by atoms with van der Waals surface area (Å²) in [5.74, 6) is -0.00403. The molecule has 0 spiro atoms. The molecule has 0 aliphatic carbocycles. The number of hydrogen-bond acceptors (Lipinski definition) is 3. The Morgan fingerprint density at radius 3 is 2.48 bits per heavy atom. The van der Waals surface area contributed by atoms with Gasteiger partial charge in [0.2, 0.25) is 5.90 Å². The first-order chi connectivity index (χ1) is 11.1. The molecule has 116 valence electrons. The zero-order chi connectivity index (χ0) is 16.3. The predicted octanol–water partition coefficient (Wildman–Crippen LogP) is 4.20. The Hall–Kier alpha value is -2.39.